The highest BCUT2D eigenvalue weighted by molar-refractivity contribution is 7.84. The number of aliphatic hydroxyl groups excluding tert-OH is 1. The van der Waals surface area contributed by atoms with Gasteiger partial charge in [-0.3, -0.25) is 13.7 Å². The lowest BCUT2D eigenvalue weighted by Crippen LogP contribution is -2.24. The van der Waals surface area contributed by atoms with Gasteiger partial charge in [0.2, 0.25) is 5.78 Å². The van der Waals surface area contributed by atoms with Gasteiger partial charge in [-0.05, 0) is 43.2 Å². The van der Waals surface area contributed by atoms with Crippen molar-refractivity contribution < 1.29 is 27.2 Å². The van der Waals surface area contributed by atoms with Crippen molar-refractivity contribution in [3.8, 4) is 0 Å². The largest absolute Gasteiger partial charge is 0.393 e. The molecule has 1 aliphatic carbocycles. The van der Waals surface area contributed by atoms with Crippen molar-refractivity contribution in [1.82, 2.24) is 19.7 Å². The normalized spacial score (nSPS) is 23.5. The molecule has 4 rings (SSSR count). The molecule has 1 fully saturated rings. The number of nitrogens with two attached hydrogens (primary N) is 1. The lowest BCUT2D eigenvalue weighted by Gasteiger charge is -2.13. The molecule has 0 bridgehead atoms. The molecule has 11 nitrogen and oxygen atoms in total. The third kappa shape index (κ3) is 6.30. The van der Waals surface area contributed by atoms with Crippen LogP contribution in [0.2, 0.25) is 0 Å². The number of carbonyl (C=O) groups excluding carboxylic acids is 1. The summed E-state index contributed by atoms with van der Waals surface area (Å²) in [4.78, 5) is 21.5. The molecule has 0 radical (unpaired) electrons. The van der Waals surface area contributed by atoms with Gasteiger partial charge in [0, 0.05) is 18.3 Å². The van der Waals surface area contributed by atoms with Crippen molar-refractivity contribution in [2.24, 2.45) is 17.0 Å². The van der Waals surface area contributed by atoms with Crippen molar-refractivity contribution in [1.29, 1.82) is 0 Å². The highest BCUT2D eigenvalue weighted by Crippen LogP contribution is 2.34. The lowest BCUT2D eigenvalue weighted by atomic mass is 9.96. The first kappa shape index (κ1) is 23.6. The summed E-state index contributed by atoms with van der Waals surface area (Å²) >= 11 is 0. The van der Waals surface area contributed by atoms with Gasteiger partial charge in [0.1, 0.15) is 12.0 Å². The fourth-order valence-electron chi connectivity index (χ4n) is 4.36. The number of rotatable bonds is 9. The Bertz CT molecular complexity index is 1130. The van der Waals surface area contributed by atoms with E-state index in [9.17, 15) is 18.3 Å². The van der Waals surface area contributed by atoms with Crippen LogP contribution >= 0.6 is 0 Å². The Morgan fingerprint density at radius 1 is 1.36 bits per heavy atom. The molecular weight excluding hydrogens is 450 g/mol. The number of carbonyl (C=O) groups is 1. The van der Waals surface area contributed by atoms with Crippen LogP contribution in [0, 0.1) is 11.8 Å². The van der Waals surface area contributed by atoms with E-state index >= 15 is 0 Å². The Hall–Kier alpha value is -2.51. The van der Waals surface area contributed by atoms with E-state index in [-0.39, 0.29) is 24.2 Å². The fourth-order valence-corrected chi connectivity index (χ4v) is 4.72. The molecule has 3 N–H and O–H groups in total. The molecule has 0 spiro atoms. The maximum absolute atomic E-state index is 13.1. The highest BCUT2D eigenvalue weighted by atomic mass is 32.2. The molecule has 2 aromatic heterocycles. The summed E-state index contributed by atoms with van der Waals surface area (Å²) in [6.45, 7) is 1.68. The number of ketones is 1. The van der Waals surface area contributed by atoms with E-state index in [1.54, 1.807) is 16.9 Å². The van der Waals surface area contributed by atoms with Gasteiger partial charge in [0.05, 0.1) is 43.7 Å². The third-order valence-electron chi connectivity index (χ3n) is 5.94. The van der Waals surface area contributed by atoms with Crippen LogP contribution in [0.4, 0.5) is 0 Å². The van der Waals surface area contributed by atoms with Crippen molar-refractivity contribution in [3.05, 3.63) is 53.4 Å². The minimum absolute atomic E-state index is 0.00586. The molecule has 2 aromatic rings. The highest BCUT2D eigenvalue weighted by Gasteiger charge is 2.35. The van der Waals surface area contributed by atoms with Gasteiger partial charge < -0.3 is 9.84 Å². The van der Waals surface area contributed by atoms with Gasteiger partial charge in [-0.1, -0.05) is 6.08 Å². The van der Waals surface area contributed by atoms with Gasteiger partial charge >= 0.3 is 10.3 Å². The van der Waals surface area contributed by atoms with Gasteiger partial charge in [-0.2, -0.15) is 13.5 Å². The minimum atomic E-state index is -4.06. The second-order valence-corrected chi connectivity index (χ2v) is 9.68. The van der Waals surface area contributed by atoms with Crippen LogP contribution in [0.3, 0.4) is 0 Å². The molecule has 1 aliphatic heterocycles. The van der Waals surface area contributed by atoms with E-state index in [1.165, 1.54) is 12.5 Å². The third-order valence-corrected chi connectivity index (χ3v) is 6.41. The molecule has 3 heterocycles. The first-order chi connectivity index (χ1) is 15.8. The van der Waals surface area contributed by atoms with Gasteiger partial charge in [0.25, 0.3) is 0 Å². The smallest absolute Gasteiger partial charge is 0.333 e. The maximum atomic E-state index is 13.1. The molecule has 0 unspecified atom stereocenters. The standard InChI is InChI=1S/C21H27N5O6S/c22-33(29,30)32-12-16-6-15(8-20(16)27)7-19-17(9-23-13-24-19)21(28)18-3-4-26(25-18)10-14-2-1-5-31-11-14/h2-4,9,13,15-16,20,27H,1,5-8,10-12H2,(H2,22,29,30)/t15-,16+,20-/m0/s1. The van der Waals surface area contributed by atoms with Gasteiger partial charge in [-0.15, -0.1) is 0 Å². The van der Waals surface area contributed by atoms with Crippen LogP contribution in [0.15, 0.2) is 36.4 Å². The van der Waals surface area contributed by atoms with E-state index in [0.29, 0.717) is 49.4 Å². The summed E-state index contributed by atoms with van der Waals surface area (Å²) in [6.07, 6.45) is 8.33. The summed E-state index contributed by atoms with van der Waals surface area (Å²) in [7, 11) is -4.06. The van der Waals surface area contributed by atoms with E-state index in [4.69, 9.17) is 9.88 Å². The van der Waals surface area contributed by atoms with Crippen molar-refractivity contribution in [2.45, 2.75) is 38.3 Å². The molecule has 12 heteroatoms. The van der Waals surface area contributed by atoms with Crippen LogP contribution in [0.1, 0.15) is 41.0 Å². The van der Waals surface area contributed by atoms with Gasteiger partial charge in [-0.25, -0.2) is 15.1 Å². The first-order valence-corrected chi connectivity index (χ1v) is 12.2. The number of aromatic nitrogens is 4. The van der Waals surface area contributed by atoms with Crippen molar-refractivity contribution >= 4 is 16.1 Å². The molecular formula is C21H27N5O6S. The molecule has 1 saturated carbocycles. The monoisotopic (exact) mass is 477 g/mol. The number of hydrogen-bond acceptors (Lipinski definition) is 9. The van der Waals surface area contributed by atoms with Crippen LogP contribution in [0.25, 0.3) is 0 Å². The second kappa shape index (κ2) is 10.2. The zero-order valence-corrected chi connectivity index (χ0v) is 18.9. The zero-order valence-electron chi connectivity index (χ0n) is 18.0. The summed E-state index contributed by atoms with van der Waals surface area (Å²) in [6, 6.07) is 1.67. The number of hydrogen-bond donors (Lipinski definition) is 2. The van der Waals surface area contributed by atoms with E-state index in [2.05, 4.69) is 25.3 Å². The Kier molecular flexibility index (Phi) is 7.29. The quantitative estimate of drug-likeness (QED) is 0.385. The molecule has 0 aromatic carbocycles. The fraction of sp³-hybridized carbons (Fsp3) is 0.524. The average molecular weight is 478 g/mol. The zero-order chi connectivity index (χ0) is 23.4. The first-order valence-electron chi connectivity index (χ1n) is 10.8. The van der Waals surface area contributed by atoms with Crippen molar-refractivity contribution in [2.75, 3.05) is 19.8 Å². The van der Waals surface area contributed by atoms with E-state index < -0.39 is 16.4 Å². The van der Waals surface area contributed by atoms with E-state index in [1.807, 2.05) is 0 Å². The number of aliphatic hydroxyl groups is 1. The van der Waals surface area contributed by atoms with Crippen LogP contribution < -0.4 is 5.14 Å². The van der Waals surface area contributed by atoms with Gasteiger partial charge in [0.15, 0.2) is 0 Å². The Morgan fingerprint density at radius 2 is 2.21 bits per heavy atom. The SMILES string of the molecule is NS(=O)(=O)OC[C@H]1C[C@@H](Cc2ncncc2C(=O)c2ccn(CC3=CCCOC3)n2)C[C@@H]1O. The molecule has 178 valence electrons. The Morgan fingerprint density at radius 3 is 2.97 bits per heavy atom. The molecule has 2 aliphatic rings. The Balaban J connectivity index is 1.42. The Labute approximate surface area is 191 Å². The molecule has 0 saturated heterocycles. The number of nitrogens with zero attached hydrogens (tertiary/aromatic N) is 4. The minimum Gasteiger partial charge on any atom is -0.393 e. The summed E-state index contributed by atoms with van der Waals surface area (Å²) in [5.74, 6) is -0.625. The van der Waals surface area contributed by atoms with Crippen LogP contribution in [-0.2, 0) is 32.2 Å². The lowest BCUT2D eigenvalue weighted by molar-refractivity contribution is 0.100. The predicted octanol–water partition coefficient (Wildman–Crippen LogP) is 0.401. The van der Waals surface area contributed by atoms with E-state index in [0.717, 1.165) is 18.6 Å². The molecule has 3 atom stereocenters. The summed E-state index contributed by atoms with van der Waals surface area (Å²) < 4.78 is 33.9. The second-order valence-electron chi connectivity index (χ2n) is 8.46. The predicted molar refractivity (Wildman–Crippen MR) is 116 cm³/mol. The average Bonchev–Trinajstić information content (AvgIpc) is 3.38. The van der Waals surface area contributed by atoms with Crippen LogP contribution in [0.5, 0.6) is 0 Å². The van der Waals surface area contributed by atoms with Crippen molar-refractivity contribution in [3.63, 3.8) is 0 Å². The summed E-state index contributed by atoms with van der Waals surface area (Å²) in [5.41, 5.74) is 2.35. The molecule has 33 heavy (non-hydrogen) atoms. The molecule has 0 amide bonds. The number of ether oxygens (including phenoxy) is 1. The summed E-state index contributed by atoms with van der Waals surface area (Å²) in [5, 5.41) is 19.6. The maximum Gasteiger partial charge on any atom is 0.333 e. The van der Waals surface area contributed by atoms with Crippen LogP contribution in [-0.4, -0.2) is 65.0 Å². The topological polar surface area (TPSA) is 160 Å².